The average molecular weight is 758 g/mol. The molecule has 1 rings (SSSR count). The summed E-state index contributed by atoms with van der Waals surface area (Å²) in [6.45, 7) is 9.46. The molecule has 0 heterocycles. The number of aliphatic hydroxyl groups excluding tert-OH is 2. The number of Topliss-reactive ketones (excluding diaryl/α,β-unsaturated/α-hetero) is 3. The highest BCUT2D eigenvalue weighted by atomic mass is 16.3. The number of aliphatic hydroxyl groups is 2. The van der Waals surface area contributed by atoms with E-state index in [9.17, 15) is 39.0 Å². The number of ketones is 3. The van der Waals surface area contributed by atoms with Crippen LogP contribution in [0.4, 0.5) is 0 Å². The van der Waals surface area contributed by atoms with Gasteiger partial charge in [-0.1, -0.05) is 128 Å². The second-order valence-corrected chi connectivity index (χ2v) is 15.5. The zero-order valence-electron chi connectivity index (χ0n) is 34.0. The quantitative estimate of drug-likeness (QED) is 0.0577. The molecule has 306 valence electrons. The number of hydrogen-bond acceptors (Lipinski definition) is 8. The summed E-state index contributed by atoms with van der Waals surface area (Å²) in [6, 6.07) is 5.88. The number of rotatable bonds is 31. The average Bonchev–Trinajstić information content (AvgIpc) is 3.13. The Morgan fingerprint density at radius 1 is 0.630 bits per heavy atom. The van der Waals surface area contributed by atoms with Crippen molar-refractivity contribution in [3.8, 4) is 0 Å². The van der Waals surface area contributed by atoms with Crippen molar-refractivity contribution in [1.82, 2.24) is 16.0 Å². The molecule has 0 saturated carbocycles. The van der Waals surface area contributed by atoms with Gasteiger partial charge in [-0.05, 0) is 45.1 Å². The molecule has 0 saturated heterocycles. The summed E-state index contributed by atoms with van der Waals surface area (Å²) in [5, 5.41) is 28.0. The molecule has 11 nitrogen and oxygen atoms in total. The van der Waals surface area contributed by atoms with Crippen molar-refractivity contribution in [1.29, 1.82) is 0 Å². The second-order valence-electron chi connectivity index (χ2n) is 15.5. The first-order valence-electron chi connectivity index (χ1n) is 20.5. The molecule has 0 aliphatic rings. The highest BCUT2D eigenvalue weighted by molar-refractivity contribution is 5.96. The fourth-order valence-electron chi connectivity index (χ4n) is 6.51. The van der Waals surface area contributed by atoms with E-state index in [1.165, 1.54) is 78.6 Å². The molecule has 6 atom stereocenters. The highest BCUT2D eigenvalue weighted by Gasteiger charge is 2.34. The van der Waals surface area contributed by atoms with Crippen LogP contribution in [0.2, 0.25) is 0 Å². The standard InChI is InChI=1S/C43H71N3O8/c1-7-8-9-10-11-12-13-14-15-16-17-18-22-25-39(52)45-41(33(6)49)43(54)46-40(30(2)3)38(51)27-35(26-34-23-20-19-21-24-34)42(53)44-31(4)37(50)28-36(29-47)32(5)48/h19-21,23-24,30-31,33,35-36,40-41,47,49H,7-18,22,25-29H2,1-6H3,(H,44,53)(H,45,52)(H,46,54)/t31-,33+,35+,36-,40-,41?/m0/s1. The maximum Gasteiger partial charge on any atom is 0.245 e. The Balaban J connectivity index is 2.77. The van der Waals surface area contributed by atoms with Gasteiger partial charge >= 0.3 is 0 Å². The van der Waals surface area contributed by atoms with Gasteiger partial charge < -0.3 is 26.2 Å². The van der Waals surface area contributed by atoms with Crippen molar-refractivity contribution < 1.29 is 39.0 Å². The second kappa shape index (κ2) is 28.0. The first-order chi connectivity index (χ1) is 25.7. The predicted molar refractivity (Wildman–Crippen MR) is 212 cm³/mol. The van der Waals surface area contributed by atoms with Gasteiger partial charge in [0, 0.05) is 31.1 Å². The zero-order chi connectivity index (χ0) is 40.5. The molecule has 0 aliphatic carbocycles. The third kappa shape index (κ3) is 20.3. The predicted octanol–water partition coefficient (Wildman–Crippen LogP) is 5.95. The van der Waals surface area contributed by atoms with E-state index in [1.54, 1.807) is 13.8 Å². The van der Waals surface area contributed by atoms with Crippen LogP contribution in [-0.4, -0.2) is 76.1 Å². The lowest BCUT2D eigenvalue weighted by Crippen LogP contribution is -2.57. The van der Waals surface area contributed by atoms with Gasteiger partial charge in [0.25, 0.3) is 0 Å². The summed E-state index contributed by atoms with van der Waals surface area (Å²) in [4.78, 5) is 78.1. The smallest absolute Gasteiger partial charge is 0.245 e. The fraction of sp³-hybridized carbons (Fsp3) is 0.721. The minimum absolute atomic E-state index is 0.191. The van der Waals surface area contributed by atoms with Crippen LogP contribution in [0.15, 0.2) is 30.3 Å². The van der Waals surface area contributed by atoms with E-state index >= 15 is 0 Å². The topological polar surface area (TPSA) is 179 Å². The molecule has 0 fully saturated rings. The normalized spacial score (nSPS) is 14.7. The van der Waals surface area contributed by atoms with Crippen LogP contribution in [0.25, 0.3) is 0 Å². The van der Waals surface area contributed by atoms with Crippen LogP contribution < -0.4 is 16.0 Å². The zero-order valence-corrected chi connectivity index (χ0v) is 34.0. The number of amides is 3. The van der Waals surface area contributed by atoms with Gasteiger partial charge in [0.2, 0.25) is 17.7 Å². The Morgan fingerprint density at radius 3 is 1.63 bits per heavy atom. The third-order valence-corrected chi connectivity index (χ3v) is 10.1. The molecule has 3 amide bonds. The van der Waals surface area contributed by atoms with Gasteiger partial charge in [-0.3, -0.25) is 28.8 Å². The molecule has 0 aliphatic heterocycles. The van der Waals surface area contributed by atoms with Crippen molar-refractivity contribution >= 4 is 35.1 Å². The lowest BCUT2D eigenvalue weighted by Gasteiger charge is -2.28. The Labute approximate surface area is 324 Å². The van der Waals surface area contributed by atoms with Crippen molar-refractivity contribution in [2.45, 2.75) is 175 Å². The van der Waals surface area contributed by atoms with E-state index in [-0.39, 0.29) is 43.3 Å². The summed E-state index contributed by atoms with van der Waals surface area (Å²) < 4.78 is 0. The Kier molecular flexibility index (Phi) is 25.2. The van der Waals surface area contributed by atoms with Gasteiger partial charge in [-0.25, -0.2) is 0 Å². The van der Waals surface area contributed by atoms with Crippen molar-refractivity contribution in [2.24, 2.45) is 17.8 Å². The minimum atomic E-state index is -1.26. The molecule has 1 aromatic rings. The summed E-state index contributed by atoms with van der Waals surface area (Å²) >= 11 is 0. The number of unbranched alkanes of at least 4 members (excludes halogenated alkanes) is 12. The molecule has 0 bridgehead atoms. The molecule has 5 N–H and O–H groups in total. The monoisotopic (exact) mass is 758 g/mol. The lowest BCUT2D eigenvalue weighted by atomic mass is 9.87. The SMILES string of the molecule is CCCCCCCCCCCCCCCC(=O)NC(C(=O)N[C@H](C(=O)C[C@@H](Cc1ccccc1)C(=O)N[C@@H](C)C(=O)C[C@@H](CO)C(C)=O)C(C)C)[C@@H](C)O. The van der Waals surface area contributed by atoms with Gasteiger partial charge in [0.15, 0.2) is 11.6 Å². The number of hydrogen-bond donors (Lipinski definition) is 5. The maximum atomic E-state index is 13.8. The Hall–Kier alpha value is -3.44. The molecule has 54 heavy (non-hydrogen) atoms. The number of nitrogens with one attached hydrogen (secondary N) is 3. The van der Waals surface area contributed by atoms with Crippen LogP contribution >= 0.6 is 0 Å². The van der Waals surface area contributed by atoms with Crippen molar-refractivity contribution in [3.63, 3.8) is 0 Å². The van der Waals surface area contributed by atoms with Crippen LogP contribution in [0.5, 0.6) is 0 Å². The van der Waals surface area contributed by atoms with Crippen LogP contribution in [0.1, 0.15) is 150 Å². The first-order valence-corrected chi connectivity index (χ1v) is 20.5. The van der Waals surface area contributed by atoms with E-state index in [0.717, 1.165) is 24.8 Å². The lowest BCUT2D eigenvalue weighted by molar-refractivity contribution is -0.136. The fourth-order valence-corrected chi connectivity index (χ4v) is 6.51. The molecule has 0 radical (unpaired) electrons. The van der Waals surface area contributed by atoms with Crippen LogP contribution in [0, 0.1) is 17.8 Å². The number of benzene rings is 1. The molecule has 11 heteroatoms. The van der Waals surface area contributed by atoms with Crippen molar-refractivity contribution in [3.05, 3.63) is 35.9 Å². The van der Waals surface area contributed by atoms with Gasteiger partial charge in [0.05, 0.1) is 24.8 Å². The van der Waals surface area contributed by atoms with Gasteiger partial charge in [0.1, 0.15) is 11.8 Å². The van der Waals surface area contributed by atoms with E-state index in [0.29, 0.717) is 6.42 Å². The van der Waals surface area contributed by atoms with E-state index in [2.05, 4.69) is 22.9 Å². The van der Waals surface area contributed by atoms with E-state index in [4.69, 9.17) is 0 Å². The largest absolute Gasteiger partial charge is 0.396 e. The molecule has 0 spiro atoms. The first kappa shape index (κ1) is 48.6. The minimum Gasteiger partial charge on any atom is -0.396 e. The number of carbonyl (C=O) groups excluding carboxylic acids is 6. The molecule has 1 aromatic carbocycles. The Bertz CT molecular complexity index is 1270. The molecular formula is C43H71N3O8. The molecule has 1 unspecified atom stereocenters. The Morgan fingerprint density at radius 2 is 1.15 bits per heavy atom. The molecular weight excluding hydrogens is 686 g/mol. The number of carbonyl (C=O) groups is 6. The van der Waals surface area contributed by atoms with Gasteiger partial charge in [-0.2, -0.15) is 0 Å². The summed E-state index contributed by atoms with van der Waals surface area (Å²) in [5.41, 5.74) is 0.798. The third-order valence-electron chi connectivity index (χ3n) is 10.1. The highest BCUT2D eigenvalue weighted by Crippen LogP contribution is 2.19. The van der Waals surface area contributed by atoms with Crippen molar-refractivity contribution in [2.75, 3.05) is 6.61 Å². The summed E-state index contributed by atoms with van der Waals surface area (Å²) in [5.74, 6) is -4.85. The summed E-state index contributed by atoms with van der Waals surface area (Å²) in [7, 11) is 0. The van der Waals surface area contributed by atoms with E-state index in [1.807, 2.05) is 30.3 Å². The van der Waals surface area contributed by atoms with Gasteiger partial charge in [-0.15, -0.1) is 0 Å². The summed E-state index contributed by atoms with van der Waals surface area (Å²) in [6.07, 6.45) is 14.1. The van der Waals surface area contributed by atoms with Crippen LogP contribution in [-0.2, 0) is 35.2 Å². The van der Waals surface area contributed by atoms with E-state index < -0.39 is 66.1 Å². The maximum absolute atomic E-state index is 13.8. The van der Waals surface area contributed by atoms with Crippen LogP contribution in [0.3, 0.4) is 0 Å². The molecule has 0 aromatic heterocycles.